The second-order valence-electron chi connectivity index (χ2n) is 6.05. The smallest absolute Gasteiger partial charge is 0.144 e. The third-order valence-electron chi connectivity index (χ3n) is 4.71. The standard InChI is InChI=1S/C15H19BrF2N2/c1-15(10-2-3-10)9-19-6-7-20(15)8-11-13(17)5-4-12(16)14(11)18/h4-5,10,19H,2-3,6-9H2,1H3. The molecule has 1 unspecified atom stereocenters. The van der Waals surface area contributed by atoms with Crippen molar-refractivity contribution >= 4 is 15.9 Å². The van der Waals surface area contributed by atoms with Gasteiger partial charge < -0.3 is 5.32 Å². The zero-order valence-electron chi connectivity index (χ0n) is 11.6. The molecule has 2 fully saturated rings. The summed E-state index contributed by atoms with van der Waals surface area (Å²) >= 11 is 3.14. The molecule has 0 radical (unpaired) electrons. The summed E-state index contributed by atoms with van der Waals surface area (Å²) in [6, 6.07) is 2.76. The Morgan fingerprint density at radius 3 is 2.85 bits per heavy atom. The molecule has 1 saturated carbocycles. The van der Waals surface area contributed by atoms with E-state index in [4.69, 9.17) is 0 Å². The highest BCUT2D eigenvalue weighted by atomic mass is 79.9. The molecule has 110 valence electrons. The zero-order valence-corrected chi connectivity index (χ0v) is 13.1. The summed E-state index contributed by atoms with van der Waals surface area (Å²) in [6.45, 7) is 5.16. The van der Waals surface area contributed by atoms with Crippen LogP contribution in [0, 0.1) is 17.6 Å². The third kappa shape index (κ3) is 2.51. The molecular weight excluding hydrogens is 326 g/mol. The van der Waals surface area contributed by atoms with E-state index in [1.165, 1.54) is 25.0 Å². The number of rotatable bonds is 3. The molecule has 1 aliphatic heterocycles. The first-order chi connectivity index (χ1) is 9.52. The van der Waals surface area contributed by atoms with Crippen LogP contribution in [0.5, 0.6) is 0 Å². The lowest BCUT2D eigenvalue weighted by Gasteiger charge is -2.46. The maximum Gasteiger partial charge on any atom is 0.144 e. The van der Waals surface area contributed by atoms with Crippen LogP contribution >= 0.6 is 15.9 Å². The second kappa shape index (κ2) is 5.35. The summed E-state index contributed by atoms with van der Waals surface area (Å²) in [7, 11) is 0. The Hall–Kier alpha value is -0.520. The monoisotopic (exact) mass is 344 g/mol. The minimum absolute atomic E-state index is 0.0133. The van der Waals surface area contributed by atoms with Gasteiger partial charge in [0.2, 0.25) is 0 Å². The fourth-order valence-corrected chi connectivity index (χ4v) is 3.57. The van der Waals surface area contributed by atoms with Gasteiger partial charge in [0, 0.05) is 37.3 Å². The van der Waals surface area contributed by atoms with E-state index in [-0.39, 0.29) is 11.1 Å². The van der Waals surface area contributed by atoms with Crippen molar-refractivity contribution in [3.05, 3.63) is 33.8 Å². The van der Waals surface area contributed by atoms with Gasteiger partial charge in [-0.3, -0.25) is 4.90 Å². The molecule has 20 heavy (non-hydrogen) atoms. The molecule has 1 aliphatic carbocycles. The van der Waals surface area contributed by atoms with E-state index in [2.05, 4.69) is 33.1 Å². The fourth-order valence-electron chi connectivity index (χ4n) is 3.19. The van der Waals surface area contributed by atoms with Crippen molar-refractivity contribution in [2.75, 3.05) is 19.6 Å². The van der Waals surface area contributed by atoms with Gasteiger partial charge in [-0.05, 0) is 53.7 Å². The Morgan fingerprint density at radius 2 is 2.15 bits per heavy atom. The summed E-state index contributed by atoms with van der Waals surface area (Å²) in [5.74, 6) is -0.280. The lowest BCUT2D eigenvalue weighted by atomic mass is 9.90. The molecule has 1 N–H and O–H groups in total. The quantitative estimate of drug-likeness (QED) is 0.846. The second-order valence-corrected chi connectivity index (χ2v) is 6.91. The molecule has 1 heterocycles. The zero-order chi connectivity index (χ0) is 14.3. The molecule has 3 rings (SSSR count). The van der Waals surface area contributed by atoms with Crippen LogP contribution in [0.4, 0.5) is 8.78 Å². The summed E-state index contributed by atoms with van der Waals surface area (Å²) < 4.78 is 28.4. The molecule has 0 aromatic heterocycles. The number of nitrogens with one attached hydrogen (secondary N) is 1. The normalized spacial score (nSPS) is 27.8. The van der Waals surface area contributed by atoms with E-state index in [0.717, 1.165) is 19.6 Å². The fraction of sp³-hybridized carbons (Fsp3) is 0.600. The van der Waals surface area contributed by atoms with Crippen LogP contribution in [0.25, 0.3) is 0 Å². The molecule has 5 heteroatoms. The van der Waals surface area contributed by atoms with E-state index < -0.39 is 11.6 Å². The molecule has 0 bridgehead atoms. The molecule has 0 amide bonds. The van der Waals surface area contributed by atoms with Crippen molar-refractivity contribution in [2.24, 2.45) is 5.92 Å². The van der Waals surface area contributed by atoms with E-state index in [1.54, 1.807) is 0 Å². The Bertz CT molecular complexity index is 519. The summed E-state index contributed by atoms with van der Waals surface area (Å²) in [5, 5.41) is 3.41. The summed E-state index contributed by atoms with van der Waals surface area (Å²) in [5.41, 5.74) is 0.188. The Balaban J connectivity index is 1.87. The molecule has 1 saturated heterocycles. The number of hydrogen-bond donors (Lipinski definition) is 1. The number of hydrogen-bond acceptors (Lipinski definition) is 2. The van der Waals surface area contributed by atoms with Crippen molar-refractivity contribution < 1.29 is 8.78 Å². The van der Waals surface area contributed by atoms with Crippen molar-refractivity contribution in [1.82, 2.24) is 10.2 Å². The first-order valence-electron chi connectivity index (χ1n) is 7.10. The molecule has 1 aromatic rings. The van der Waals surface area contributed by atoms with Crippen LogP contribution in [0.3, 0.4) is 0 Å². The van der Waals surface area contributed by atoms with Gasteiger partial charge >= 0.3 is 0 Å². The van der Waals surface area contributed by atoms with E-state index in [9.17, 15) is 8.78 Å². The molecule has 1 aromatic carbocycles. The molecular formula is C15H19BrF2N2. The Morgan fingerprint density at radius 1 is 1.40 bits per heavy atom. The highest BCUT2D eigenvalue weighted by Gasteiger charge is 2.46. The largest absolute Gasteiger partial charge is 0.314 e. The number of nitrogens with zero attached hydrogens (tertiary/aromatic N) is 1. The molecule has 2 nitrogen and oxygen atoms in total. The number of benzene rings is 1. The van der Waals surface area contributed by atoms with E-state index >= 15 is 0 Å². The molecule has 0 spiro atoms. The third-order valence-corrected chi connectivity index (χ3v) is 5.32. The average molecular weight is 345 g/mol. The van der Waals surface area contributed by atoms with Gasteiger partial charge in [0.25, 0.3) is 0 Å². The highest BCUT2D eigenvalue weighted by Crippen LogP contribution is 2.44. The van der Waals surface area contributed by atoms with Gasteiger partial charge in [-0.25, -0.2) is 8.78 Å². The predicted octanol–water partition coefficient (Wildman–Crippen LogP) is 3.30. The topological polar surface area (TPSA) is 15.3 Å². The maximum atomic E-state index is 14.2. The van der Waals surface area contributed by atoms with Gasteiger partial charge in [-0.1, -0.05) is 0 Å². The van der Waals surface area contributed by atoms with E-state index in [1.807, 2.05) is 0 Å². The summed E-state index contributed by atoms with van der Waals surface area (Å²) in [6.07, 6.45) is 2.44. The molecule has 2 aliphatic rings. The van der Waals surface area contributed by atoms with Crippen LogP contribution in [-0.2, 0) is 6.54 Å². The Kier molecular flexibility index (Phi) is 3.86. The van der Waals surface area contributed by atoms with Gasteiger partial charge in [-0.15, -0.1) is 0 Å². The van der Waals surface area contributed by atoms with Crippen molar-refractivity contribution in [3.8, 4) is 0 Å². The number of piperazine rings is 1. The highest BCUT2D eigenvalue weighted by molar-refractivity contribution is 9.10. The minimum Gasteiger partial charge on any atom is -0.314 e. The first-order valence-corrected chi connectivity index (χ1v) is 7.90. The van der Waals surface area contributed by atoms with Crippen molar-refractivity contribution in [1.29, 1.82) is 0 Å². The SMILES string of the molecule is CC1(C2CC2)CNCCN1Cc1c(F)ccc(Br)c1F. The van der Waals surface area contributed by atoms with Crippen molar-refractivity contribution in [2.45, 2.75) is 31.8 Å². The van der Waals surface area contributed by atoms with Gasteiger partial charge in [0.15, 0.2) is 0 Å². The lowest BCUT2D eigenvalue weighted by Crippen LogP contribution is -2.60. The number of halogens is 3. The van der Waals surface area contributed by atoms with Crippen LogP contribution in [0.2, 0.25) is 0 Å². The summed E-state index contributed by atoms with van der Waals surface area (Å²) in [4.78, 5) is 2.25. The minimum atomic E-state index is -0.471. The van der Waals surface area contributed by atoms with Crippen LogP contribution in [0.15, 0.2) is 16.6 Å². The van der Waals surface area contributed by atoms with Crippen molar-refractivity contribution in [3.63, 3.8) is 0 Å². The average Bonchev–Trinajstić information content (AvgIpc) is 3.26. The van der Waals surface area contributed by atoms with Gasteiger partial charge in [-0.2, -0.15) is 0 Å². The molecule has 1 atom stereocenters. The Labute approximate surface area is 126 Å². The van der Waals surface area contributed by atoms with E-state index in [0.29, 0.717) is 16.9 Å². The lowest BCUT2D eigenvalue weighted by molar-refractivity contribution is 0.0464. The van der Waals surface area contributed by atoms with Crippen LogP contribution in [-0.4, -0.2) is 30.1 Å². The van der Waals surface area contributed by atoms with Gasteiger partial charge in [0.05, 0.1) is 4.47 Å². The maximum absolute atomic E-state index is 14.2. The van der Waals surface area contributed by atoms with Crippen LogP contribution in [0.1, 0.15) is 25.3 Å². The van der Waals surface area contributed by atoms with Crippen LogP contribution < -0.4 is 5.32 Å². The predicted molar refractivity (Wildman–Crippen MR) is 78.5 cm³/mol. The van der Waals surface area contributed by atoms with Gasteiger partial charge in [0.1, 0.15) is 11.6 Å². The first kappa shape index (κ1) is 14.4.